The Labute approximate surface area is 190 Å². The Morgan fingerprint density at radius 3 is 2.64 bits per heavy atom. The Morgan fingerprint density at radius 2 is 1.94 bits per heavy atom. The molecule has 10 heteroatoms. The van der Waals surface area contributed by atoms with E-state index in [2.05, 4.69) is 10.4 Å². The average Bonchev–Trinajstić information content (AvgIpc) is 3.51. The van der Waals surface area contributed by atoms with Gasteiger partial charge in [0, 0.05) is 18.8 Å². The molecule has 1 aliphatic carbocycles. The molecule has 0 spiro atoms. The zero-order valence-electron chi connectivity index (χ0n) is 18.2. The first-order valence-electron chi connectivity index (χ1n) is 11.3. The monoisotopic (exact) mass is 466 g/mol. The molecule has 1 saturated carbocycles. The van der Waals surface area contributed by atoms with Crippen LogP contribution >= 0.6 is 0 Å². The van der Waals surface area contributed by atoms with Crippen molar-refractivity contribution >= 4 is 11.7 Å². The molecule has 1 aliphatic heterocycles. The Hall–Kier alpha value is -2.43. The van der Waals surface area contributed by atoms with Crippen LogP contribution in [-0.2, 0) is 17.9 Å². The lowest BCUT2D eigenvalue weighted by Crippen LogP contribution is -2.47. The molecule has 1 amide bonds. The van der Waals surface area contributed by atoms with E-state index in [0.717, 1.165) is 25.7 Å². The fourth-order valence-electron chi connectivity index (χ4n) is 5.03. The highest BCUT2D eigenvalue weighted by Gasteiger charge is 2.52. The summed E-state index contributed by atoms with van der Waals surface area (Å²) < 4.78 is 43.9. The Morgan fingerprint density at radius 1 is 1.21 bits per heavy atom. The largest absolute Gasteiger partial charge is 0.408 e. The summed E-state index contributed by atoms with van der Waals surface area (Å²) in [5.74, 6) is -0.116. The van der Waals surface area contributed by atoms with Gasteiger partial charge in [0.2, 0.25) is 5.91 Å². The van der Waals surface area contributed by atoms with Crippen molar-refractivity contribution in [2.75, 3.05) is 11.9 Å². The highest BCUT2D eigenvalue weighted by Crippen LogP contribution is 2.46. The number of alkyl halides is 3. The fourth-order valence-corrected chi connectivity index (χ4v) is 5.03. The van der Waals surface area contributed by atoms with Crippen LogP contribution in [0, 0.1) is 5.92 Å². The van der Waals surface area contributed by atoms with Crippen LogP contribution < -0.4 is 5.32 Å². The summed E-state index contributed by atoms with van der Waals surface area (Å²) in [4.78, 5) is 14.6. The third-order valence-electron chi connectivity index (χ3n) is 6.58. The van der Waals surface area contributed by atoms with Gasteiger partial charge in [-0.05, 0) is 23.5 Å². The second-order valence-corrected chi connectivity index (χ2v) is 8.97. The van der Waals surface area contributed by atoms with Gasteiger partial charge >= 0.3 is 6.18 Å². The molecular formula is C23H29F3N4O3. The third-order valence-corrected chi connectivity index (χ3v) is 6.58. The van der Waals surface area contributed by atoms with Gasteiger partial charge in [0.15, 0.2) is 5.82 Å². The van der Waals surface area contributed by atoms with Gasteiger partial charge in [-0.25, -0.2) is 0 Å². The molecule has 1 unspecified atom stereocenters. The second-order valence-electron chi connectivity index (χ2n) is 8.97. The van der Waals surface area contributed by atoms with Gasteiger partial charge in [-0.1, -0.05) is 49.9 Å². The van der Waals surface area contributed by atoms with Gasteiger partial charge in [-0.3, -0.25) is 14.4 Å². The maximum Gasteiger partial charge on any atom is 0.408 e. The van der Waals surface area contributed by atoms with Crippen molar-refractivity contribution in [1.29, 1.82) is 0 Å². The van der Waals surface area contributed by atoms with E-state index < -0.39 is 36.9 Å². The molecule has 7 nitrogen and oxygen atoms in total. The molecule has 33 heavy (non-hydrogen) atoms. The number of fused-ring (bicyclic) bond motifs is 1. The predicted molar refractivity (Wildman–Crippen MR) is 115 cm³/mol. The number of halogens is 3. The number of aromatic nitrogens is 2. The van der Waals surface area contributed by atoms with E-state index >= 15 is 0 Å². The van der Waals surface area contributed by atoms with Crippen LogP contribution in [-0.4, -0.2) is 55.7 Å². The van der Waals surface area contributed by atoms with E-state index in [0.29, 0.717) is 12.0 Å². The van der Waals surface area contributed by atoms with Crippen LogP contribution in [0.25, 0.3) is 0 Å². The first-order valence-corrected chi connectivity index (χ1v) is 11.3. The maximum absolute atomic E-state index is 14.2. The minimum atomic E-state index is -4.51. The van der Waals surface area contributed by atoms with Crippen molar-refractivity contribution in [3.05, 3.63) is 47.7 Å². The Balaban J connectivity index is 1.58. The number of aliphatic hydroxyl groups is 2. The number of nitrogens with zero attached hydrogens (tertiary/aromatic N) is 3. The van der Waals surface area contributed by atoms with Crippen LogP contribution in [0.2, 0.25) is 0 Å². The Kier molecular flexibility index (Phi) is 7.06. The molecule has 0 bridgehead atoms. The van der Waals surface area contributed by atoms with Crippen LogP contribution in [0.5, 0.6) is 0 Å². The molecule has 1 aromatic heterocycles. The third kappa shape index (κ3) is 5.39. The van der Waals surface area contributed by atoms with E-state index in [1.165, 1.54) is 27.9 Å². The van der Waals surface area contributed by atoms with Gasteiger partial charge < -0.3 is 15.5 Å². The number of carbonyl (C=O) groups is 1. The second kappa shape index (κ2) is 9.82. The quantitative estimate of drug-likeness (QED) is 0.556. The lowest BCUT2D eigenvalue weighted by Gasteiger charge is -2.34. The molecule has 1 aromatic carbocycles. The lowest BCUT2D eigenvalue weighted by atomic mass is 9.95. The molecule has 1 fully saturated rings. The molecule has 180 valence electrons. The maximum atomic E-state index is 14.2. The summed E-state index contributed by atoms with van der Waals surface area (Å²) in [6.45, 7) is -0.336. The number of hydrogen-bond donors (Lipinski definition) is 3. The van der Waals surface area contributed by atoms with Crippen LogP contribution in [0.4, 0.5) is 19.0 Å². The zero-order chi connectivity index (χ0) is 23.6. The smallest absolute Gasteiger partial charge is 0.394 e. The van der Waals surface area contributed by atoms with Gasteiger partial charge in [-0.15, -0.1) is 0 Å². The van der Waals surface area contributed by atoms with Crippen LogP contribution in [0.15, 0.2) is 36.5 Å². The van der Waals surface area contributed by atoms with Crippen molar-refractivity contribution in [2.45, 2.75) is 69.6 Å². The SMILES string of the molecule is O=C(Nc1ccn(C[C@H](O)CO)n1)[C@H](CC1CCCC1)N1Cc2ccccc2C1C(F)(F)F. The summed E-state index contributed by atoms with van der Waals surface area (Å²) in [5.41, 5.74) is 0.794. The number of hydrogen-bond acceptors (Lipinski definition) is 5. The van der Waals surface area contributed by atoms with E-state index in [4.69, 9.17) is 5.11 Å². The van der Waals surface area contributed by atoms with Crippen LogP contribution in [0.3, 0.4) is 0 Å². The standard InChI is InChI=1S/C23H29F3N4O3/c24-23(25,26)21-18-8-4-3-7-16(18)12-30(21)19(11-15-5-1-2-6-15)22(33)27-20-9-10-29(28-20)13-17(32)14-31/h3-4,7-10,15,17,19,21,31-32H,1-2,5-6,11-14H2,(H,27,28,33)/t17-,19-,21?/m0/s1. The lowest BCUT2D eigenvalue weighted by molar-refractivity contribution is -0.190. The average molecular weight is 467 g/mol. The summed E-state index contributed by atoms with van der Waals surface area (Å²) >= 11 is 0. The van der Waals surface area contributed by atoms with Crippen molar-refractivity contribution in [3.63, 3.8) is 0 Å². The topological polar surface area (TPSA) is 90.6 Å². The van der Waals surface area contributed by atoms with Crippen molar-refractivity contribution in [1.82, 2.24) is 14.7 Å². The number of benzene rings is 1. The molecule has 3 N–H and O–H groups in total. The van der Waals surface area contributed by atoms with Gasteiger partial charge in [-0.2, -0.15) is 18.3 Å². The first-order chi connectivity index (χ1) is 15.8. The Bertz CT molecular complexity index is 958. The number of amides is 1. The minimum Gasteiger partial charge on any atom is -0.394 e. The van der Waals surface area contributed by atoms with Crippen LogP contribution in [0.1, 0.15) is 49.3 Å². The molecule has 0 saturated heterocycles. The van der Waals surface area contributed by atoms with Crippen molar-refractivity contribution in [2.24, 2.45) is 5.92 Å². The van der Waals surface area contributed by atoms with E-state index in [1.54, 1.807) is 18.2 Å². The summed E-state index contributed by atoms with van der Waals surface area (Å²) in [6, 6.07) is 5.23. The molecule has 2 aromatic rings. The van der Waals surface area contributed by atoms with Crippen molar-refractivity contribution < 1.29 is 28.2 Å². The number of anilines is 1. The molecule has 4 rings (SSSR count). The first kappa shape index (κ1) is 23.7. The molecular weight excluding hydrogens is 437 g/mol. The molecule has 2 heterocycles. The number of aliphatic hydroxyl groups excluding tert-OH is 2. The van der Waals surface area contributed by atoms with E-state index in [9.17, 15) is 23.1 Å². The van der Waals surface area contributed by atoms with Gasteiger partial charge in [0.05, 0.1) is 25.3 Å². The number of nitrogens with one attached hydrogen (secondary N) is 1. The zero-order valence-corrected chi connectivity index (χ0v) is 18.2. The summed E-state index contributed by atoms with van der Waals surface area (Å²) in [7, 11) is 0. The normalized spacial score (nSPS) is 21.2. The number of rotatable bonds is 8. The van der Waals surface area contributed by atoms with Crippen molar-refractivity contribution in [3.8, 4) is 0 Å². The predicted octanol–water partition coefficient (Wildman–Crippen LogP) is 3.24. The fraction of sp³-hybridized carbons (Fsp3) is 0.565. The molecule has 3 atom stereocenters. The number of carbonyl (C=O) groups excluding carboxylic acids is 1. The highest BCUT2D eigenvalue weighted by atomic mass is 19.4. The summed E-state index contributed by atoms with van der Waals surface area (Å²) in [5, 5.41) is 25.4. The highest BCUT2D eigenvalue weighted by molar-refractivity contribution is 5.94. The van der Waals surface area contributed by atoms with E-state index in [-0.39, 0.29) is 30.4 Å². The molecule has 2 aliphatic rings. The van der Waals surface area contributed by atoms with E-state index in [1.807, 2.05) is 0 Å². The summed E-state index contributed by atoms with van der Waals surface area (Å²) in [6.07, 6.45) is 0.256. The van der Waals surface area contributed by atoms with Gasteiger partial charge in [0.25, 0.3) is 0 Å². The molecule has 0 radical (unpaired) electrons. The van der Waals surface area contributed by atoms with Gasteiger partial charge in [0.1, 0.15) is 6.04 Å². The minimum absolute atomic E-state index is 0.0372.